The molecule has 4 heterocycles. The van der Waals surface area contributed by atoms with Crippen LogP contribution in [0.5, 0.6) is 0 Å². The molecule has 1 saturated heterocycles. The number of sulfone groups is 1. The first-order valence-corrected chi connectivity index (χ1v) is 12.2. The summed E-state index contributed by atoms with van der Waals surface area (Å²) in [6, 6.07) is 4.74. The molecule has 1 amide bonds. The van der Waals surface area contributed by atoms with Crippen molar-refractivity contribution in [3.63, 3.8) is 0 Å². The van der Waals surface area contributed by atoms with E-state index in [4.69, 9.17) is 0 Å². The monoisotopic (exact) mass is 458 g/mol. The standard InChI is InChI=1S/C18H18N8O3S2/c1-3-26-16-14(23-24-26)15(19-9-20-16)25-7-10(8-25)17(27)22-18-21-12-5-4-11(31(2,28)29)6-13(12)30-18/h4-6,9-10H,3,7-8H2,1-2H3,(H,21,22,27). The second-order valence-electron chi connectivity index (χ2n) is 7.29. The number of benzene rings is 1. The van der Waals surface area contributed by atoms with Gasteiger partial charge in [-0.3, -0.25) is 4.79 Å². The molecule has 4 aromatic rings. The Bertz CT molecular complexity index is 1420. The number of fused-ring (bicyclic) bond motifs is 2. The fourth-order valence-electron chi connectivity index (χ4n) is 3.44. The Balaban J connectivity index is 1.28. The fourth-order valence-corrected chi connectivity index (χ4v) is 5.07. The maximum atomic E-state index is 12.7. The average Bonchev–Trinajstić information content (AvgIpc) is 3.28. The molecule has 31 heavy (non-hydrogen) atoms. The van der Waals surface area contributed by atoms with Gasteiger partial charge in [0.1, 0.15) is 6.33 Å². The molecule has 160 valence electrons. The lowest BCUT2D eigenvalue weighted by atomic mass is 9.99. The van der Waals surface area contributed by atoms with E-state index in [2.05, 4.69) is 30.6 Å². The van der Waals surface area contributed by atoms with E-state index in [-0.39, 0.29) is 16.7 Å². The highest BCUT2D eigenvalue weighted by atomic mass is 32.2. The first kappa shape index (κ1) is 19.8. The predicted octanol–water partition coefficient (Wildman–Crippen LogP) is 1.33. The molecule has 1 aliphatic heterocycles. The molecule has 1 N–H and O–H groups in total. The van der Waals surface area contributed by atoms with Crippen molar-refractivity contribution in [2.45, 2.75) is 18.4 Å². The van der Waals surface area contributed by atoms with Crippen molar-refractivity contribution < 1.29 is 13.2 Å². The summed E-state index contributed by atoms with van der Waals surface area (Å²) in [5, 5.41) is 11.5. The van der Waals surface area contributed by atoms with E-state index < -0.39 is 9.84 Å². The quantitative estimate of drug-likeness (QED) is 0.470. The van der Waals surface area contributed by atoms with Gasteiger partial charge in [0.2, 0.25) is 5.91 Å². The molecular formula is C18H18N8O3S2. The number of anilines is 2. The summed E-state index contributed by atoms with van der Waals surface area (Å²) >= 11 is 1.25. The maximum Gasteiger partial charge on any atom is 0.232 e. The zero-order chi connectivity index (χ0) is 21.8. The van der Waals surface area contributed by atoms with Gasteiger partial charge in [-0.1, -0.05) is 16.6 Å². The minimum absolute atomic E-state index is 0.138. The van der Waals surface area contributed by atoms with Crippen LogP contribution in [0.2, 0.25) is 0 Å². The van der Waals surface area contributed by atoms with Crippen LogP contribution in [-0.2, 0) is 21.2 Å². The summed E-state index contributed by atoms with van der Waals surface area (Å²) < 4.78 is 25.9. The number of nitrogens with zero attached hydrogens (tertiary/aromatic N) is 7. The van der Waals surface area contributed by atoms with Crippen LogP contribution in [0.1, 0.15) is 6.92 Å². The van der Waals surface area contributed by atoms with Gasteiger partial charge >= 0.3 is 0 Å². The first-order chi connectivity index (χ1) is 14.8. The summed E-state index contributed by atoms with van der Waals surface area (Å²) in [4.78, 5) is 27.8. The summed E-state index contributed by atoms with van der Waals surface area (Å²) in [6.07, 6.45) is 2.64. The van der Waals surface area contributed by atoms with Crippen LogP contribution in [-0.4, -0.2) is 63.6 Å². The minimum atomic E-state index is -3.30. The molecule has 1 aromatic carbocycles. The number of rotatable bonds is 5. The molecule has 0 unspecified atom stereocenters. The van der Waals surface area contributed by atoms with Gasteiger partial charge in [0, 0.05) is 25.9 Å². The molecule has 0 bridgehead atoms. The van der Waals surface area contributed by atoms with Crippen LogP contribution < -0.4 is 10.2 Å². The van der Waals surface area contributed by atoms with E-state index in [9.17, 15) is 13.2 Å². The van der Waals surface area contributed by atoms with Gasteiger partial charge in [-0.2, -0.15) is 0 Å². The van der Waals surface area contributed by atoms with Crippen molar-refractivity contribution in [1.29, 1.82) is 0 Å². The van der Waals surface area contributed by atoms with Crippen molar-refractivity contribution in [2.24, 2.45) is 5.92 Å². The van der Waals surface area contributed by atoms with Crippen LogP contribution in [0.15, 0.2) is 29.4 Å². The highest BCUT2D eigenvalue weighted by Gasteiger charge is 2.35. The number of nitrogens with one attached hydrogen (secondary N) is 1. The number of aromatic nitrogens is 6. The third-order valence-corrected chi connectivity index (χ3v) is 7.19. The Hall–Kier alpha value is -3.19. The Morgan fingerprint density at radius 1 is 1.29 bits per heavy atom. The lowest BCUT2D eigenvalue weighted by molar-refractivity contribution is -0.120. The Morgan fingerprint density at radius 3 is 2.84 bits per heavy atom. The van der Waals surface area contributed by atoms with Gasteiger partial charge < -0.3 is 10.2 Å². The zero-order valence-electron chi connectivity index (χ0n) is 16.7. The predicted molar refractivity (Wildman–Crippen MR) is 116 cm³/mol. The third kappa shape index (κ3) is 3.49. The van der Waals surface area contributed by atoms with Crippen LogP contribution >= 0.6 is 11.3 Å². The van der Waals surface area contributed by atoms with Gasteiger partial charge in [-0.05, 0) is 25.1 Å². The molecule has 13 heteroatoms. The van der Waals surface area contributed by atoms with Gasteiger partial charge in [-0.15, -0.1) is 5.10 Å². The highest BCUT2D eigenvalue weighted by Crippen LogP contribution is 2.31. The summed E-state index contributed by atoms with van der Waals surface area (Å²) in [5.41, 5.74) is 1.93. The normalized spacial score (nSPS) is 14.8. The van der Waals surface area contributed by atoms with Gasteiger partial charge in [-0.25, -0.2) is 28.1 Å². The molecule has 3 aromatic heterocycles. The second kappa shape index (κ2) is 7.20. The van der Waals surface area contributed by atoms with Crippen LogP contribution in [0.4, 0.5) is 10.9 Å². The molecule has 1 fully saturated rings. The zero-order valence-corrected chi connectivity index (χ0v) is 18.3. The lowest BCUT2D eigenvalue weighted by Gasteiger charge is -2.38. The highest BCUT2D eigenvalue weighted by molar-refractivity contribution is 7.90. The molecule has 0 atom stereocenters. The van der Waals surface area contributed by atoms with Crippen LogP contribution in [0.25, 0.3) is 21.4 Å². The van der Waals surface area contributed by atoms with Gasteiger partial charge in [0.15, 0.2) is 32.0 Å². The lowest BCUT2D eigenvalue weighted by Crippen LogP contribution is -2.52. The van der Waals surface area contributed by atoms with E-state index in [0.29, 0.717) is 52.0 Å². The molecule has 0 aliphatic carbocycles. The molecule has 1 aliphatic rings. The van der Waals surface area contributed by atoms with Gasteiger partial charge in [0.05, 0.1) is 21.0 Å². The van der Waals surface area contributed by atoms with Gasteiger partial charge in [0.25, 0.3) is 0 Å². The fraction of sp³-hybridized carbons (Fsp3) is 0.333. The molecule has 0 radical (unpaired) electrons. The Labute approximate surface area is 181 Å². The van der Waals surface area contributed by atoms with Crippen molar-refractivity contribution in [3.8, 4) is 0 Å². The largest absolute Gasteiger partial charge is 0.353 e. The summed E-state index contributed by atoms with van der Waals surface area (Å²) in [6.45, 7) is 3.62. The van der Waals surface area contributed by atoms with Crippen molar-refractivity contribution >= 4 is 59.4 Å². The van der Waals surface area contributed by atoms with E-state index in [1.807, 2.05) is 11.8 Å². The van der Waals surface area contributed by atoms with E-state index in [1.54, 1.807) is 16.8 Å². The number of carbonyl (C=O) groups is 1. The summed E-state index contributed by atoms with van der Waals surface area (Å²) in [5.74, 6) is 0.313. The number of carbonyl (C=O) groups excluding carboxylic acids is 1. The third-order valence-electron chi connectivity index (χ3n) is 5.15. The molecule has 0 spiro atoms. The SMILES string of the molecule is CCn1nnc2c(N3CC(C(=O)Nc4nc5ccc(S(C)(=O)=O)cc5s4)C3)ncnc21. The smallest absolute Gasteiger partial charge is 0.232 e. The van der Waals surface area contributed by atoms with Crippen LogP contribution in [0.3, 0.4) is 0 Å². The van der Waals surface area contributed by atoms with Crippen molar-refractivity contribution in [3.05, 3.63) is 24.5 Å². The summed E-state index contributed by atoms with van der Waals surface area (Å²) in [7, 11) is -3.30. The Morgan fingerprint density at radius 2 is 2.10 bits per heavy atom. The van der Waals surface area contributed by atoms with Crippen molar-refractivity contribution in [1.82, 2.24) is 29.9 Å². The Kier molecular flexibility index (Phi) is 4.59. The maximum absolute atomic E-state index is 12.7. The molecular weight excluding hydrogens is 440 g/mol. The first-order valence-electron chi connectivity index (χ1n) is 9.54. The minimum Gasteiger partial charge on any atom is -0.353 e. The number of thiazole rings is 1. The van der Waals surface area contributed by atoms with E-state index in [1.165, 1.54) is 23.7 Å². The van der Waals surface area contributed by atoms with E-state index >= 15 is 0 Å². The number of hydrogen-bond acceptors (Lipinski definition) is 10. The molecule has 5 rings (SSSR count). The molecule has 0 saturated carbocycles. The van der Waals surface area contributed by atoms with Crippen LogP contribution in [0, 0.1) is 5.92 Å². The van der Waals surface area contributed by atoms with Crippen molar-refractivity contribution in [2.75, 3.05) is 29.6 Å². The number of aryl methyl sites for hydroxylation is 1. The number of amides is 1. The topological polar surface area (TPSA) is 136 Å². The molecule has 11 nitrogen and oxygen atoms in total. The second-order valence-corrected chi connectivity index (χ2v) is 10.3. The average molecular weight is 459 g/mol. The van der Waals surface area contributed by atoms with E-state index in [0.717, 1.165) is 6.26 Å². The number of hydrogen-bond donors (Lipinski definition) is 1.